The minimum Gasteiger partial charge on any atom is -0.462 e. The van der Waals surface area contributed by atoms with Gasteiger partial charge in [-0.25, -0.2) is 0 Å². The highest BCUT2D eigenvalue weighted by Crippen LogP contribution is 2.24. The van der Waals surface area contributed by atoms with Crippen LogP contribution in [-0.2, 0) is 17.9 Å². The fourth-order valence-corrected chi connectivity index (χ4v) is 2.54. The second-order valence-electron chi connectivity index (χ2n) is 5.04. The number of furan rings is 1. The lowest BCUT2D eigenvalue weighted by Crippen LogP contribution is -2.13. The van der Waals surface area contributed by atoms with Crippen LogP contribution in [0.25, 0.3) is 0 Å². The van der Waals surface area contributed by atoms with Gasteiger partial charge in [0.05, 0.1) is 6.54 Å². The maximum absolute atomic E-state index is 5.74. The summed E-state index contributed by atoms with van der Waals surface area (Å²) >= 11 is 0. The largest absolute Gasteiger partial charge is 0.462 e. The molecule has 0 aromatic carbocycles. The average Bonchev–Trinajstić information content (AvgIpc) is 2.71. The number of aryl methyl sites for hydroxylation is 1. The summed E-state index contributed by atoms with van der Waals surface area (Å²) in [5, 5.41) is 0. The molecule has 0 atom stereocenters. The molecule has 17 heavy (non-hydrogen) atoms. The third kappa shape index (κ3) is 3.58. The summed E-state index contributed by atoms with van der Waals surface area (Å²) in [6.45, 7) is 3.94. The molecule has 2 N–H and O–H groups in total. The number of hydrogen-bond donors (Lipinski definition) is 1. The molecule has 1 aromatic heterocycles. The third-order valence-corrected chi connectivity index (χ3v) is 3.58. The van der Waals surface area contributed by atoms with Gasteiger partial charge < -0.3 is 14.9 Å². The van der Waals surface area contributed by atoms with Crippen LogP contribution < -0.4 is 5.73 Å². The zero-order valence-corrected chi connectivity index (χ0v) is 10.7. The average molecular weight is 237 g/mol. The summed E-state index contributed by atoms with van der Waals surface area (Å²) in [5.41, 5.74) is 6.70. The van der Waals surface area contributed by atoms with E-state index in [0.29, 0.717) is 13.2 Å². The summed E-state index contributed by atoms with van der Waals surface area (Å²) < 4.78 is 11.3. The standard InChI is InChI=1S/C14H23NO2/c1-11-7-13(17-14(11)8-15)10-16-9-12-5-3-2-4-6-12/h7,12H,2-6,8-10,15H2,1H3. The quantitative estimate of drug-likeness (QED) is 0.855. The van der Waals surface area contributed by atoms with Crippen molar-refractivity contribution in [2.45, 2.75) is 52.2 Å². The zero-order valence-electron chi connectivity index (χ0n) is 10.7. The van der Waals surface area contributed by atoms with E-state index in [-0.39, 0.29) is 0 Å². The highest BCUT2D eigenvalue weighted by atomic mass is 16.5. The molecule has 1 aromatic rings. The van der Waals surface area contributed by atoms with E-state index in [1.165, 1.54) is 32.1 Å². The molecule has 0 bridgehead atoms. The van der Waals surface area contributed by atoms with Gasteiger partial charge in [0.15, 0.2) is 0 Å². The van der Waals surface area contributed by atoms with E-state index in [9.17, 15) is 0 Å². The van der Waals surface area contributed by atoms with Crippen LogP contribution in [0, 0.1) is 12.8 Å². The number of nitrogens with two attached hydrogens (primary N) is 1. The molecule has 0 spiro atoms. The monoisotopic (exact) mass is 237 g/mol. The summed E-state index contributed by atoms with van der Waals surface area (Å²) in [6, 6.07) is 2.03. The molecular weight excluding hydrogens is 214 g/mol. The first-order valence-electron chi connectivity index (χ1n) is 6.65. The van der Waals surface area contributed by atoms with Crippen molar-refractivity contribution in [1.29, 1.82) is 0 Å². The van der Waals surface area contributed by atoms with Crippen molar-refractivity contribution in [3.05, 3.63) is 23.2 Å². The molecule has 0 amide bonds. The van der Waals surface area contributed by atoms with Gasteiger partial charge in [-0.1, -0.05) is 19.3 Å². The van der Waals surface area contributed by atoms with Crippen molar-refractivity contribution in [1.82, 2.24) is 0 Å². The first kappa shape index (κ1) is 12.7. The molecule has 0 aliphatic heterocycles. The van der Waals surface area contributed by atoms with Crippen LogP contribution in [-0.4, -0.2) is 6.61 Å². The van der Waals surface area contributed by atoms with Gasteiger partial charge in [-0.2, -0.15) is 0 Å². The Balaban J connectivity index is 1.73. The molecule has 0 radical (unpaired) electrons. The Hall–Kier alpha value is -0.800. The van der Waals surface area contributed by atoms with Crippen LogP contribution in [0.15, 0.2) is 10.5 Å². The highest BCUT2D eigenvalue weighted by Gasteiger charge is 2.14. The van der Waals surface area contributed by atoms with E-state index in [2.05, 4.69) is 0 Å². The van der Waals surface area contributed by atoms with Crippen molar-refractivity contribution in [3.63, 3.8) is 0 Å². The first-order valence-corrected chi connectivity index (χ1v) is 6.65. The van der Waals surface area contributed by atoms with Crippen molar-refractivity contribution in [2.75, 3.05) is 6.61 Å². The van der Waals surface area contributed by atoms with Gasteiger partial charge in [-0.05, 0) is 37.3 Å². The van der Waals surface area contributed by atoms with Gasteiger partial charge in [-0.3, -0.25) is 0 Å². The topological polar surface area (TPSA) is 48.4 Å². The van der Waals surface area contributed by atoms with Gasteiger partial charge in [0.25, 0.3) is 0 Å². The van der Waals surface area contributed by atoms with Crippen LogP contribution >= 0.6 is 0 Å². The molecule has 1 saturated carbocycles. The van der Waals surface area contributed by atoms with Gasteiger partial charge >= 0.3 is 0 Å². The zero-order chi connectivity index (χ0) is 12.1. The van der Waals surface area contributed by atoms with E-state index in [1.807, 2.05) is 13.0 Å². The van der Waals surface area contributed by atoms with Crippen LogP contribution in [0.3, 0.4) is 0 Å². The SMILES string of the molecule is Cc1cc(COCC2CCCCC2)oc1CN. The van der Waals surface area contributed by atoms with Gasteiger partial charge in [-0.15, -0.1) is 0 Å². The molecule has 3 nitrogen and oxygen atoms in total. The molecule has 1 aliphatic carbocycles. The number of ether oxygens (including phenoxy) is 1. The van der Waals surface area contributed by atoms with Gasteiger partial charge in [0.1, 0.15) is 18.1 Å². The lowest BCUT2D eigenvalue weighted by Gasteiger charge is -2.20. The number of hydrogen-bond acceptors (Lipinski definition) is 3. The van der Waals surface area contributed by atoms with Crippen molar-refractivity contribution in [3.8, 4) is 0 Å². The van der Waals surface area contributed by atoms with Crippen molar-refractivity contribution < 1.29 is 9.15 Å². The predicted molar refractivity (Wildman–Crippen MR) is 67.6 cm³/mol. The van der Waals surface area contributed by atoms with Crippen LogP contribution in [0.4, 0.5) is 0 Å². The molecule has 2 rings (SSSR count). The Morgan fingerprint density at radius 2 is 2.12 bits per heavy atom. The van der Waals surface area contributed by atoms with E-state index < -0.39 is 0 Å². The van der Waals surface area contributed by atoms with E-state index in [1.54, 1.807) is 0 Å². The smallest absolute Gasteiger partial charge is 0.130 e. The molecule has 0 unspecified atom stereocenters. The Bertz CT molecular complexity index is 340. The maximum Gasteiger partial charge on any atom is 0.130 e. The van der Waals surface area contributed by atoms with Crippen molar-refractivity contribution >= 4 is 0 Å². The third-order valence-electron chi connectivity index (χ3n) is 3.58. The van der Waals surface area contributed by atoms with Crippen LogP contribution in [0.1, 0.15) is 49.2 Å². The molecule has 0 saturated heterocycles. The van der Waals surface area contributed by atoms with Crippen LogP contribution in [0.5, 0.6) is 0 Å². The summed E-state index contributed by atoms with van der Waals surface area (Å²) in [4.78, 5) is 0. The minimum atomic E-state index is 0.467. The molecular formula is C14H23NO2. The van der Waals surface area contributed by atoms with E-state index in [0.717, 1.165) is 29.6 Å². The normalized spacial score (nSPS) is 17.5. The maximum atomic E-state index is 5.74. The molecule has 1 heterocycles. The lowest BCUT2D eigenvalue weighted by molar-refractivity contribution is 0.0632. The molecule has 3 heteroatoms. The summed E-state index contributed by atoms with van der Waals surface area (Å²) in [5.74, 6) is 2.54. The summed E-state index contributed by atoms with van der Waals surface area (Å²) in [7, 11) is 0. The minimum absolute atomic E-state index is 0.467. The Labute approximate surface area is 103 Å². The summed E-state index contributed by atoms with van der Waals surface area (Å²) in [6.07, 6.45) is 6.78. The first-order chi connectivity index (χ1) is 8.29. The van der Waals surface area contributed by atoms with E-state index >= 15 is 0 Å². The number of rotatable bonds is 5. The highest BCUT2D eigenvalue weighted by molar-refractivity contribution is 5.19. The Morgan fingerprint density at radius 3 is 2.76 bits per heavy atom. The van der Waals surface area contributed by atoms with Gasteiger partial charge in [0, 0.05) is 6.61 Å². The lowest BCUT2D eigenvalue weighted by atomic mass is 9.90. The van der Waals surface area contributed by atoms with E-state index in [4.69, 9.17) is 14.9 Å². The van der Waals surface area contributed by atoms with Crippen LogP contribution in [0.2, 0.25) is 0 Å². The van der Waals surface area contributed by atoms with Gasteiger partial charge in [0.2, 0.25) is 0 Å². The Morgan fingerprint density at radius 1 is 1.35 bits per heavy atom. The second kappa shape index (κ2) is 6.22. The second-order valence-corrected chi connectivity index (χ2v) is 5.04. The fourth-order valence-electron chi connectivity index (χ4n) is 2.54. The fraction of sp³-hybridized carbons (Fsp3) is 0.714. The predicted octanol–water partition coefficient (Wildman–Crippen LogP) is 3.14. The molecule has 1 aliphatic rings. The van der Waals surface area contributed by atoms with Crippen molar-refractivity contribution in [2.24, 2.45) is 11.7 Å². The Kier molecular flexibility index (Phi) is 4.63. The molecule has 1 fully saturated rings. The molecule has 96 valence electrons.